The molecule has 0 radical (unpaired) electrons. The summed E-state index contributed by atoms with van der Waals surface area (Å²) in [6.07, 6.45) is 1.52. The van der Waals surface area contributed by atoms with Gasteiger partial charge in [0.25, 0.3) is 0 Å². The van der Waals surface area contributed by atoms with Gasteiger partial charge in [0.2, 0.25) is 5.88 Å². The minimum absolute atomic E-state index is 0.141. The second-order valence-corrected chi connectivity index (χ2v) is 3.86. The molecule has 0 saturated carbocycles. The molecule has 2 rings (SSSR count). The molecule has 2 aromatic rings. The van der Waals surface area contributed by atoms with E-state index in [9.17, 15) is 4.79 Å². The molecule has 2 N–H and O–H groups in total. The first-order valence-corrected chi connectivity index (χ1v) is 5.80. The predicted molar refractivity (Wildman–Crippen MR) is 73.1 cm³/mol. The van der Waals surface area contributed by atoms with E-state index >= 15 is 0 Å². The van der Waals surface area contributed by atoms with Crippen molar-refractivity contribution in [1.82, 2.24) is 4.98 Å². The smallest absolute Gasteiger partial charge is 0.343 e. The number of anilines is 1. The van der Waals surface area contributed by atoms with E-state index in [4.69, 9.17) is 15.2 Å². The van der Waals surface area contributed by atoms with Gasteiger partial charge in [-0.3, -0.25) is 0 Å². The summed E-state index contributed by atoms with van der Waals surface area (Å²) >= 11 is 0. The second-order valence-electron chi connectivity index (χ2n) is 3.86. The lowest BCUT2D eigenvalue weighted by atomic mass is 10.2. The van der Waals surface area contributed by atoms with E-state index in [1.54, 1.807) is 30.3 Å². The van der Waals surface area contributed by atoms with E-state index in [2.05, 4.69) is 9.72 Å². The molecule has 1 aromatic carbocycles. The molecule has 20 heavy (non-hydrogen) atoms. The van der Waals surface area contributed by atoms with Gasteiger partial charge in [-0.05, 0) is 24.3 Å². The lowest BCUT2D eigenvalue weighted by molar-refractivity contribution is 0.0597. The Morgan fingerprint density at radius 3 is 2.70 bits per heavy atom. The molecule has 0 fully saturated rings. The molecule has 1 aromatic heterocycles. The number of methoxy groups -OCH3 is 2. The van der Waals surface area contributed by atoms with Crippen molar-refractivity contribution in [3.8, 4) is 17.4 Å². The third kappa shape index (κ3) is 2.80. The summed E-state index contributed by atoms with van der Waals surface area (Å²) in [7, 11) is 2.80. The van der Waals surface area contributed by atoms with Gasteiger partial charge < -0.3 is 19.9 Å². The van der Waals surface area contributed by atoms with Crippen LogP contribution in [0.3, 0.4) is 0 Å². The summed E-state index contributed by atoms with van der Waals surface area (Å²) in [5.41, 5.74) is 6.45. The molecule has 0 amide bonds. The Balaban J connectivity index is 2.38. The molecule has 104 valence electrons. The van der Waals surface area contributed by atoms with Gasteiger partial charge in [0.15, 0.2) is 11.5 Å². The lowest BCUT2D eigenvalue weighted by Crippen LogP contribution is -2.05. The third-order valence-electron chi connectivity index (χ3n) is 2.57. The summed E-state index contributed by atoms with van der Waals surface area (Å²) in [6.45, 7) is 0. The van der Waals surface area contributed by atoms with E-state index in [1.807, 2.05) is 0 Å². The zero-order chi connectivity index (χ0) is 14.5. The normalized spacial score (nSPS) is 9.90. The molecule has 6 heteroatoms. The summed E-state index contributed by atoms with van der Waals surface area (Å²) in [5, 5.41) is 0. The number of nitrogens with two attached hydrogens (primary N) is 1. The first kappa shape index (κ1) is 13.7. The predicted octanol–water partition coefficient (Wildman–Crippen LogP) is 2.25. The van der Waals surface area contributed by atoms with Crippen molar-refractivity contribution < 1.29 is 19.0 Å². The Bertz CT molecular complexity index is 628. The van der Waals surface area contributed by atoms with Crippen molar-refractivity contribution in [3.05, 3.63) is 42.1 Å². The van der Waals surface area contributed by atoms with Gasteiger partial charge in [-0.1, -0.05) is 0 Å². The van der Waals surface area contributed by atoms with E-state index in [1.165, 1.54) is 20.4 Å². The lowest BCUT2D eigenvalue weighted by Gasteiger charge is -2.12. The number of carbonyl (C=O) groups is 1. The summed E-state index contributed by atoms with van der Waals surface area (Å²) in [4.78, 5) is 15.7. The van der Waals surface area contributed by atoms with Crippen molar-refractivity contribution in [3.63, 3.8) is 0 Å². The number of ether oxygens (including phenoxy) is 3. The van der Waals surface area contributed by atoms with E-state index in [0.29, 0.717) is 17.2 Å². The summed E-state index contributed by atoms with van der Waals surface area (Å²) in [6, 6.07) is 8.12. The number of benzene rings is 1. The number of hydrogen-bond donors (Lipinski definition) is 1. The van der Waals surface area contributed by atoms with Crippen LogP contribution in [0.15, 0.2) is 36.5 Å². The highest BCUT2D eigenvalue weighted by Gasteiger charge is 2.16. The van der Waals surface area contributed by atoms with E-state index < -0.39 is 5.97 Å². The van der Waals surface area contributed by atoms with Crippen LogP contribution in [0.1, 0.15) is 10.4 Å². The Morgan fingerprint density at radius 2 is 2.00 bits per heavy atom. The van der Waals surface area contributed by atoms with Crippen LogP contribution in [0.5, 0.6) is 17.4 Å². The number of pyridine rings is 1. The fourth-order valence-electron chi connectivity index (χ4n) is 1.61. The molecule has 1 heterocycles. The van der Waals surface area contributed by atoms with Gasteiger partial charge in [-0.25, -0.2) is 9.78 Å². The third-order valence-corrected chi connectivity index (χ3v) is 2.57. The minimum Gasteiger partial charge on any atom is -0.493 e. The van der Waals surface area contributed by atoms with Crippen molar-refractivity contribution in [1.29, 1.82) is 0 Å². The quantitative estimate of drug-likeness (QED) is 0.680. The van der Waals surface area contributed by atoms with Crippen LogP contribution in [0.4, 0.5) is 5.69 Å². The number of nitrogens with zero attached hydrogens (tertiary/aromatic N) is 1. The Kier molecular flexibility index (Phi) is 4.05. The molecule has 0 spiro atoms. The van der Waals surface area contributed by atoms with Gasteiger partial charge in [-0.15, -0.1) is 0 Å². The SMILES string of the molecule is COC(=O)c1cccnc1Oc1ccc(N)cc1OC. The highest BCUT2D eigenvalue weighted by Crippen LogP contribution is 2.33. The highest BCUT2D eigenvalue weighted by atomic mass is 16.5. The molecule has 0 aliphatic rings. The average molecular weight is 274 g/mol. The van der Waals surface area contributed by atoms with Gasteiger partial charge in [0, 0.05) is 18.0 Å². The Morgan fingerprint density at radius 1 is 1.20 bits per heavy atom. The van der Waals surface area contributed by atoms with Crippen LogP contribution in [-0.2, 0) is 4.74 Å². The fraction of sp³-hybridized carbons (Fsp3) is 0.143. The molecule has 0 saturated heterocycles. The molecule has 0 atom stereocenters. The zero-order valence-electron chi connectivity index (χ0n) is 11.1. The van der Waals surface area contributed by atoms with Crippen molar-refractivity contribution in [2.75, 3.05) is 20.0 Å². The van der Waals surface area contributed by atoms with Crippen molar-refractivity contribution in [2.24, 2.45) is 0 Å². The average Bonchev–Trinajstić information content (AvgIpc) is 2.48. The first-order chi connectivity index (χ1) is 9.65. The minimum atomic E-state index is -0.525. The molecule has 6 nitrogen and oxygen atoms in total. The number of hydrogen-bond acceptors (Lipinski definition) is 6. The van der Waals surface area contributed by atoms with Crippen LogP contribution in [0.2, 0.25) is 0 Å². The van der Waals surface area contributed by atoms with Crippen LogP contribution >= 0.6 is 0 Å². The molecular formula is C14H14N2O4. The number of esters is 1. The Labute approximate surface area is 116 Å². The standard InChI is InChI=1S/C14H14N2O4/c1-18-12-8-9(15)5-6-11(12)20-13-10(14(17)19-2)4-3-7-16-13/h3-8H,15H2,1-2H3. The zero-order valence-corrected chi connectivity index (χ0v) is 11.1. The van der Waals surface area contributed by atoms with Crippen LogP contribution in [-0.4, -0.2) is 25.2 Å². The van der Waals surface area contributed by atoms with Crippen molar-refractivity contribution in [2.45, 2.75) is 0 Å². The Hall–Kier alpha value is -2.76. The van der Waals surface area contributed by atoms with Gasteiger partial charge in [0.05, 0.1) is 14.2 Å². The number of aromatic nitrogens is 1. The van der Waals surface area contributed by atoms with Gasteiger partial charge >= 0.3 is 5.97 Å². The summed E-state index contributed by atoms with van der Waals surface area (Å²) in [5.74, 6) is 0.474. The maximum atomic E-state index is 11.6. The first-order valence-electron chi connectivity index (χ1n) is 5.80. The molecule has 0 aliphatic carbocycles. The largest absolute Gasteiger partial charge is 0.493 e. The van der Waals surface area contributed by atoms with Gasteiger partial charge in [0.1, 0.15) is 5.56 Å². The molecule has 0 unspecified atom stereocenters. The van der Waals surface area contributed by atoms with Crippen LogP contribution in [0, 0.1) is 0 Å². The number of carbonyl (C=O) groups excluding carboxylic acids is 1. The summed E-state index contributed by atoms with van der Waals surface area (Å²) < 4.78 is 15.5. The fourth-order valence-corrected chi connectivity index (χ4v) is 1.61. The topological polar surface area (TPSA) is 83.7 Å². The monoisotopic (exact) mass is 274 g/mol. The van der Waals surface area contributed by atoms with E-state index in [0.717, 1.165) is 0 Å². The van der Waals surface area contributed by atoms with E-state index in [-0.39, 0.29) is 11.4 Å². The maximum absolute atomic E-state index is 11.6. The van der Waals surface area contributed by atoms with Crippen LogP contribution in [0.25, 0.3) is 0 Å². The van der Waals surface area contributed by atoms with Crippen LogP contribution < -0.4 is 15.2 Å². The molecular weight excluding hydrogens is 260 g/mol. The van der Waals surface area contributed by atoms with Gasteiger partial charge in [-0.2, -0.15) is 0 Å². The van der Waals surface area contributed by atoms with Crippen molar-refractivity contribution >= 4 is 11.7 Å². The maximum Gasteiger partial charge on any atom is 0.343 e. The molecule has 0 aliphatic heterocycles. The number of rotatable bonds is 4. The molecule has 0 bridgehead atoms. The number of nitrogen functional groups attached to an aromatic ring is 1. The second kappa shape index (κ2) is 5.92. The highest BCUT2D eigenvalue weighted by molar-refractivity contribution is 5.91.